The number of aliphatic hydroxyl groups is 8. The first-order valence-electron chi connectivity index (χ1n) is 11.2. The Morgan fingerprint density at radius 1 is 0.686 bits per heavy atom. The zero-order valence-electron chi connectivity index (χ0n) is 19.3. The van der Waals surface area contributed by atoms with Crippen LogP contribution in [0, 0.1) is 0 Å². The van der Waals surface area contributed by atoms with Crippen molar-refractivity contribution in [1.29, 1.82) is 0 Å². The molecule has 3 heterocycles. The van der Waals surface area contributed by atoms with Crippen LogP contribution in [0.15, 0.2) is 0 Å². The number of hydrogen-bond donors (Lipinski definition) is 8. The van der Waals surface area contributed by atoms with Gasteiger partial charge in [0.25, 0.3) is 0 Å². The third-order valence-corrected chi connectivity index (χ3v) is 6.29. The van der Waals surface area contributed by atoms with Gasteiger partial charge in [-0.2, -0.15) is 0 Å². The minimum absolute atomic E-state index is 0.750. The van der Waals surface area contributed by atoms with Gasteiger partial charge in [-0.3, -0.25) is 4.79 Å². The number of ether oxygens (including phenoxy) is 6. The molecule has 3 rings (SSSR count). The molecule has 0 aromatic carbocycles. The first kappa shape index (κ1) is 28.5. The standard InChI is InChI=1S/C20H34O15/c1-5-9(23)11(25)13(27)19(30-5)34-15-8(4-21)33-18(29)17(16(15)32-7(3)22)35-20-14(28)12(26)10(24)6(2)31-20/h5-6,8-21,23-29H,4H2,1-3H3/t5-,6-,8+,9-,10-,11+,12+,13+,14+,15+,16-,17+,18?,19-,20-/m0/s1. The summed E-state index contributed by atoms with van der Waals surface area (Å²) in [5, 5.41) is 80.9. The Hall–Kier alpha value is -1.05. The fourth-order valence-corrected chi connectivity index (χ4v) is 4.24. The second kappa shape index (κ2) is 11.6. The van der Waals surface area contributed by atoms with Crippen molar-refractivity contribution in [2.75, 3.05) is 6.61 Å². The van der Waals surface area contributed by atoms with Gasteiger partial charge in [-0.1, -0.05) is 0 Å². The summed E-state index contributed by atoms with van der Waals surface area (Å²) in [6.07, 6.45) is -22.6. The van der Waals surface area contributed by atoms with E-state index in [0.29, 0.717) is 0 Å². The smallest absolute Gasteiger partial charge is 0.303 e. The zero-order chi connectivity index (χ0) is 26.2. The molecular weight excluding hydrogens is 480 g/mol. The molecule has 0 bridgehead atoms. The van der Waals surface area contributed by atoms with Gasteiger partial charge in [0.1, 0.15) is 48.8 Å². The quantitative estimate of drug-likeness (QED) is 0.155. The molecule has 8 N–H and O–H groups in total. The monoisotopic (exact) mass is 514 g/mol. The summed E-state index contributed by atoms with van der Waals surface area (Å²) >= 11 is 0. The minimum Gasteiger partial charge on any atom is -0.457 e. The van der Waals surface area contributed by atoms with Crippen LogP contribution in [0.4, 0.5) is 0 Å². The molecule has 35 heavy (non-hydrogen) atoms. The van der Waals surface area contributed by atoms with E-state index >= 15 is 0 Å². The first-order chi connectivity index (χ1) is 16.4. The van der Waals surface area contributed by atoms with Crippen LogP contribution in [0.2, 0.25) is 0 Å². The van der Waals surface area contributed by atoms with Gasteiger partial charge < -0.3 is 69.3 Å². The van der Waals surface area contributed by atoms with E-state index in [2.05, 4.69) is 0 Å². The van der Waals surface area contributed by atoms with E-state index in [-0.39, 0.29) is 0 Å². The molecule has 0 radical (unpaired) electrons. The van der Waals surface area contributed by atoms with Crippen LogP contribution in [-0.4, -0.2) is 146 Å². The SMILES string of the molecule is CC(=O)O[C@H]1[C@H](O[C@@H]2O[C@@H](C)[C@H](O)[C@@H](O)[C@H]2O)[C@@H](CO)OC(O)[C@@H]1O[C@@H]1O[C@@H](C)[C@H](O)[C@@H](O)[C@H]1O. The highest BCUT2D eigenvalue weighted by Crippen LogP contribution is 2.33. The van der Waals surface area contributed by atoms with Crippen molar-refractivity contribution >= 4 is 5.97 Å². The Morgan fingerprint density at radius 3 is 1.57 bits per heavy atom. The Morgan fingerprint density at radius 2 is 1.14 bits per heavy atom. The number of rotatable bonds is 6. The highest BCUT2D eigenvalue weighted by Gasteiger charge is 2.54. The van der Waals surface area contributed by atoms with Crippen molar-refractivity contribution in [2.45, 2.75) is 113 Å². The number of carbonyl (C=O) groups is 1. The molecule has 0 spiro atoms. The molecule has 0 aliphatic carbocycles. The molecule has 15 atom stereocenters. The Kier molecular flexibility index (Phi) is 9.42. The van der Waals surface area contributed by atoms with Gasteiger partial charge >= 0.3 is 5.97 Å². The fourth-order valence-electron chi connectivity index (χ4n) is 4.24. The Bertz CT molecular complexity index is 710. The fraction of sp³-hybridized carbons (Fsp3) is 0.950. The Balaban J connectivity index is 1.86. The van der Waals surface area contributed by atoms with Crippen molar-refractivity contribution in [3.05, 3.63) is 0 Å². The lowest BCUT2D eigenvalue weighted by molar-refractivity contribution is -0.380. The number of aliphatic hydroxyl groups excluding tert-OH is 8. The number of carbonyl (C=O) groups excluding carboxylic acids is 1. The number of hydrogen-bond acceptors (Lipinski definition) is 15. The van der Waals surface area contributed by atoms with Gasteiger partial charge in [0.15, 0.2) is 31.1 Å². The largest absolute Gasteiger partial charge is 0.457 e. The predicted molar refractivity (Wildman–Crippen MR) is 108 cm³/mol. The van der Waals surface area contributed by atoms with Crippen molar-refractivity contribution < 1.29 is 74.1 Å². The number of esters is 1. The maximum absolute atomic E-state index is 11.9. The second-order valence-electron chi connectivity index (χ2n) is 8.89. The van der Waals surface area contributed by atoms with Crippen molar-refractivity contribution in [2.24, 2.45) is 0 Å². The van der Waals surface area contributed by atoms with Gasteiger partial charge in [-0.05, 0) is 13.8 Å². The molecule has 204 valence electrons. The lowest BCUT2D eigenvalue weighted by Gasteiger charge is -2.48. The van der Waals surface area contributed by atoms with Crippen LogP contribution < -0.4 is 0 Å². The van der Waals surface area contributed by atoms with Crippen molar-refractivity contribution in [3.63, 3.8) is 0 Å². The molecule has 3 fully saturated rings. The summed E-state index contributed by atoms with van der Waals surface area (Å²) in [6, 6.07) is 0. The molecule has 0 aromatic heterocycles. The molecule has 0 aromatic rings. The maximum Gasteiger partial charge on any atom is 0.303 e. The van der Waals surface area contributed by atoms with E-state index in [9.17, 15) is 45.6 Å². The van der Waals surface area contributed by atoms with Gasteiger partial charge in [0.05, 0.1) is 18.8 Å². The van der Waals surface area contributed by atoms with Crippen LogP contribution in [0.5, 0.6) is 0 Å². The van der Waals surface area contributed by atoms with Gasteiger partial charge in [0.2, 0.25) is 0 Å². The summed E-state index contributed by atoms with van der Waals surface area (Å²) < 4.78 is 32.7. The summed E-state index contributed by atoms with van der Waals surface area (Å²) in [4.78, 5) is 11.9. The normalized spacial score (nSPS) is 51.1. The molecule has 0 saturated carbocycles. The van der Waals surface area contributed by atoms with Crippen LogP contribution in [-0.2, 0) is 33.2 Å². The molecule has 3 aliphatic rings. The van der Waals surface area contributed by atoms with Gasteiger partial charge in [-0.15, -0.1) is 0 Å². The molecular formula is C20H34O15. The molecule has 15 nitrogen and oxygen atoms in total. The van der Waals surface area contributed by atoms with Crippen LogP contribution in [0.25, 0.3) is 0 Å². The van der Waals surface area contributed by atoms with Crippen molar-refractivity contribution in [3.8, 4) is 0 Å². The van der Waals surface area contributed by atoms with E-state index in [4.69, 9.17) is 28.4 Å². The topological polar surface area (TPSA) is 234 Å². The third-order valence-electron chi connectivity index (χ3n) is 6.29. The summed E-state index contributed by atoms with van der Waals surface area (Å²) in [5.41, 5.74) is 0. The van der Waals surface area contributed by atoms with E-state index in [1.807, 2.05) is 0 Å². The Labute approximate surface area is 200 Å². The van der Waals surface area contributed by atoms with Gasteiger partial charge in [0, 0.05) is 6.92 Å². The second-order valence-corrected chi connectivity index (χ2v) is 8.89. The molecule has 3 saturated heterocycles. The van der Waals surface area contributed by atoms with E-state index in [0.717, 1.165) is 6.92 Å². The lowest BCUT2D eigenvalue weighted by atomic mass is 9.96. The van der Waals surface area contributed by atoms with Gasteiger partial charge in [-0.25, -0.2) is 0 Å². The summed E-state index contributed by atoms with van der Waals surface area (Å²) in [6.45, 7) is 3.12. The van der Waals surface area contributed by atoms with E-state index in [1.54, 1.807) is 0 Å². The zero-order valence-corrected chi connectivity index (χ0v) is 19.3. The van der Waals surface area contributed by atoms with E-state index < -0.39 is 105 Å². The highest BCUT2D eigenvalue weighted by molar-refractivity contribution is 5.66. The molecule has 15 heteroatoms. The average Bonchev–Trinajstić information content (AvgIpc) is 2.80. The van der Waals surface area contributed by atoms with Crippen molar-refractivity contribution in [1.82, 2.24) is 0 Å². The third kappa shape index (κ3) is 5.93. The summed E-state index contributed by atoms with van der Waals surface area (Å²) in [5.74, 6) is -0.856. The van der Waals surface area contributed by atoms with Crippen LogP contribution in [0.1, 0.15) is 20.8 Å². The van der Waals surface area contributed by atoms with E-state index in [1.165, 1.54) is 13.8 Å². The van der Waals surface area contributed by atoms with Crippen LogP contribution in [0.3, 0.4) is 0 Å². The first-order valence-corrected chi connectivity index (χ1v) is 11.2. The molecule has 1 unspecified atom stereocenters. The minimum atomic E-state index is -1.85. The maximum atomic E-state index is 11.9. The molecule has 0 amide bonds. The summed E-state index contributed by atoms with van der Waals surface area (Å²) in [7, 11) is 0. The highest BCUT2D eigenvalue weighted by atomic mass is 16.8. The average molecular weight is 514 g/mol. The molecule has 3 aliphatic heterocycles. The predicted octanol–water partition coefficient (Wildman–Crippen LogP) is -4.95. The lowest BCUT2D eigenvalue weighted by Crippen LogP contribution is -2.66. The van der Waals surface area contributed by atoms with Crippen LogP contribution >= 0.6 is 0 Å².